The van der Waals surface area contributed by atoms with Crippen molar-refractivity contribution in [3.05, 3.63) is 108 Å². The van der Waals surface area contributed by atoms with Crippen LogP contribution in [-0.4, -0.2) is 33.8 Å². The van der Waals surface area contributed by atoms with Crippen molar-refractivity contribution in [2.75, 3.05) is 22.6 Å². The Morgan fingerprint density at radius 2 is 1.78 bits per heavy atom. The fourth-order valence-electron chi connectivity index (χ4n) is 3.54. The minimum atomic E-state index is -0.548. The van der Waals surface area contributed by atoms with Gasteiger partial charge < -0.3 is 15.2 Å². The van der Waals surface area contributed by atoms with E-state index in [1.54, 1.807) is 30.9 Å². The number of para-hydroxylation sites is 1. The number of likely N-dealkylation sites (N-methyl/N-ethyl adjacent to an activating group) is 1. The van der Waals surface area contributed by atoms with Crippen molar-refractivity contribution in [1.29, 1.82) is 0 Å². The number of carbonyl (C=O) groups is 2. The Hall–Kier alpha value is -3.74. The molecule has 0 saturated heterocycles. The van der Waals surface area contributed by atoms with E-state index in [0.717, 1.165) is 16.9 Å². The van der Waals surface area contributed by atoms with Crippen LogP contribution in [0.2, 0.25) is 0 Å². The molecule has 2 aromatic carbocycles. The number of nitrogens with zero attached hydrogens (tertiary/aromatic N) is 4. The van der Waals surface area contributed by atoms with Crippen LogP contribution in [0.4, 0.5) is 26.5 Å². The number of amides is 3. The number of hydrogen-bond donors (Lipinski definition) is 2. The Morgan fingerprint density at radius 3 is 2.37 bits per heavy atom. The van der Waals surface area contributed by atoms with Crippen LogP contribution < -0.4 is 15.5 Å². The molecular weight excluding hydrogens is 745 g/mol. The summed E-state index contributed by atoms with van der Waals surface area (Å²) in [6.07, 6.45) is 1.62. The normalized spacial score (nSPS) is 10.4. The number of nitrogens with one attached hydrogen (secondary N) is 2. The van der Waals surface area contributed by atoms with Crippen LogP contribution in [0.1, 0.15) is 39.0 Å². The number of carbonyl (C=O) groups excluding carboxylic acids is 2. The summed E-state index contributed by atoms with van der Waals surface area (Å²) in [5.74, 6) is 0.455. The van der Waals surface area contributed by atoms with Crippen LogP contribution in [0.25, 0.3) is 5.69 Å². The maximum absolute atomic E-state index is 13.7. The van der Waals surface area contributed by atoms with Gasteiger partial charge >= 0.3 is 37.1 Å². The fraction of sp³-hybridized carbons (Fsp3) is 0.226. The second-order valence-corrected chi connectivity index (χ2v) is 10.1. The van der Waals surface area contributed by atoms with Gasteiger partial charge in [0.05, 0.1) is 11.4 Å². The fourth-order valence-corrected chi connectivity index (χ4v) is 3.54. The van der Waals surface area contributed by atoms with E-state index < -0.39 is 11.8 Å². The van der Waals surface area contributed by atoms with Gasteiger partial charge in [0, 0.05) is 35.7 Å². The van der Waals surface area contributed by atoms with Crippen molar-refractivity contribution in [2.45, 2.75) is 40.0 Å². The van der Waals surface area contributed by atoms with Crippen molar-refractivity contribution >= 4 is 29.3 Å². The zero-order valence-corrected chi connectivity index (χ0v) is 28.2. The summed E-state index contributed by atoms with van der Waals surface area (Å²) in [4.78, 5) is 29.5. The van der Waals surface area contributed by atoms with Crippen molar-refractivity contribution in [3.8, 4) is 5.69 Å². The molecule has 0 spiro atoms. The molecule has 0 aliphatic rings. The Kier molecular flexibility index (Phi) is 12.1. The van der Waals surface area contributed by atoms with E-state index in [2.05, 4.69) is 39.4 Å². The number of aromatic nitrogens is 3. The molecule has 0 aliphatic carbocycles. The number of halogens is 1. The molecule has 0 bridgehead atoms. The third-order valence-electron chi connectivity index (χ3n) is 5.68. The van der Waals surface area contributed by atoms with Crippen LogP contribution in [0.15, 0.2) is 79.0 Å². The van der Waals surface area contributed by atoms with Gasteiger partial charge in [0.25, 0.3) is 0 Å². The predicted octanol–water partition coefficient (Wildman–Crippen LogP) is 6.48. The van der Waals surface area contributed by atoms with E-state index in [1.807, 2.05) is 64.1 Å². The third-order valence-corrected chi connectivity index (χ3v) is 5.68. The van der Waals surface area contributed by atoms with Crippen LogP contribution in [-0.2, 0) is 10.2 Å². The second kappa shape index (κ2) is 14.8. The molecule has 0 radical (unpaired) electrons. The summed E-state index contributed by atoms with van der Waals surface area (Å²) < 4.78 is 15.4. The number of anilines is 3. The van der Waals surface area contributed by atoms with Gasteiger partial charge in [0.1, 0.15) is 5.82 Å². The molecule has 8 nitrogen and oxygen atoms in total. The Labute approximate surface area is 264 Å². The predicted molar refractivity (Wildman–Crippen MR) is 156 cm³/mol. The summed E-state index contributed by atoms with van der Waals surface area (Å²) in [6.45, 7) is 13.3. The van der Waals surface area contributed by atoms with E-state index in [0.29, 0.717) is 17.2 Å². The van der Waals surface area contributed by atoms with Gasteiger partial charge in [-0.15, -0.1) is 17.7 Å². The summed E-state index contributed by atoms with van der Waals surface area (Å²) >= 11 is 0. The van der Waals surface area contributed by atoms with Gasteiger partial charge in [-0.1, -0.05) is 58.7 Å². The SMILES string of the molecule is C=C(C)C(=O)N(C)c1ncc[c-]c1C.CC(C)(C)c1cc(NC(=O)Nc2cc[c-]cc2F)n(-c2ccccc2)n1.[U+2]. The van der Waals surface area contributed by atoms with Gasteiger partial charge in [-0.3, -0.25) is 14.5 Å². The molecule has 0 atom stereocenters. The number of benzene rings is 2. The second-order valence-electron chi connectivity index (χ2n) is 10.1. The summed E-state index contributed by atoms with van der Waals surface area (Å²) in [5.41, 5.74) is 2.90. The smallest absolute Gasteiger partial charge is 0.367 e. The Bertz CT molecular complexity index is 1500. The summed E-state index contributed by atoms with van der Waals surface area (Å²) in [6, 6.07) is 22.2. The standard InChI is InChI=1S/C20H20FN4O.C11H13N2O.U/c1-20(2,3)17-13-18(25(24-17)14-9-5-4-6-10-14)23-19(26)22-16-12-8-7-11-15(16)21;1-8(2)11(14)13(4)10-9(3)6-5-7-12-10;/h4-6,8-13H,1-3H3,(H2,22,23,26);5,7H,1H2,2-4H3;/q2*-1;+2. The topological polar surface area (TPSA) is 92.1 Å². The van der Waals surface area contributed by atoms with Gasteiger partial charge in [-0.05, 0) is 24.7 Å². The first-order chi connectivity index (χ1) is 18.9. The first-order valence-corrected chi connectivity index (χ1v) is 12.5. The van der Waals surface area contributed by atoms with E-state index >= 15 is 0 Å². The molecule has 210 valence electrons. The molecule has 4 aromatic rings. The third kappa shape index (κ3) is 9.14. The largest absolute Gasteiger partial charge is 2.00 e. The van der Waals surface area contributed by atoms with E-state index in [9.17, 15) is 14.0 Å². The van der Waals surface area contributed by atoms with E-state index in [4.69, 9.17) is 0 Å². The van der Waals surface area contributed by atoms with Crippen molar-refractivity contribution in [2.24, 2.45) is 0 Å². The van der Waals surface area contributed by atoms with E-state index in [-0.39, 0.29) is 48.1 Å². The number of aryl methyl sites for hydroxylation is 1. The number of rotatable bonds is 5. The number of hydrogen-bond acceptors (Lipinski definition) is 4. The summed E-state index contributed by atoms with van der Waals surface area (Å²) in [5, 5.41) is 9.87. The van der Waals surface area contributed by atoms with Crippen molar-refractivity contribution in [3.63, 3.8) is 0 Å². The molecule has 2 aromatic heterocycles. The van der Waals surface area contributed by atoms with Crippen LogP contribution in [0, 0.1) is 56.0 Å². The quantitative estimate of drug-likeness (QED) is 0.179. The first-order valence-electron chi connectivity index (χ1n) is 12.5. The average Bonchev–Trinajstić information content (AvgIpc) is 3.34. The maximum Gasteiger partial charge on any atom is 2.00 e. The molecule has 4 rings (SSSR count). The molecule has 0 fully saturated rings. The monoisotopic (exact) mass is 778 g/mol. The van der Waals surface area contributed by atoms with Gasteiger partial charge in [0.15, 0.2) is 0 Å². The molecule has 0 saturated carbocycles. The van der Waals surface area contributed by atoms with Crippen LogP contribution in [0.3, 0.4) is 0 Å². The molecule has 10 heteroatoms. The van der Waals surface area contributed by atoms with Crippen LogP contribution >= 0.6 is 0 Å². The van der Waals surface area contributed by atoms with Gasteiger partial charge in [-0.2, -0.15) is 29.4 Å². The molecule has 0 aliphatic heterocycles. The average molecular weight is 779 g/mol. The molecule has 3 amide bonds. The Balaban J connectivity index is 0.000000334. The maximum atomic E-state index is 13.7. The molecule has 41 heavy (non-hydrogen) atoms. The summed E-state index contributed by atoms with van der Waals surface area (Å²) in [7, 11) is 1.68. The van der Waals surface area contributed by atoms with Crippen molar-refractivity contribution in [1.82, 2.24) is 14.8 Å². The van der Waals surface area contributed by atoms with Gasteiger partial charge in [-0.25, -0.2) is 9.48 Å². The van der Waals surface area contributed by atoms with Gasteiger partial charge in [0.2, 0.25) is 5.91 Å². The minimum absolute atomic E-state index is 0. The number of urea groups is 1. The first kappa shape index (κ1) is 33.5. The number of pyridine rings is 1. The zero-order valence-electron chi connectivity index (χ0n) is 24.0. The Morgan fingerprint density at radius 1 is 1.10 bits per heavy atom. The minimum Gasteiger partial charge on any atom is -0.367 e. The molecular formula is C31H33FN6O2U. The van der Waals surface area contributed by atoms with Crippen LogP contribution in [0.5, 0.6) is 0 Å². The molecule has 2 N–H and O–H groups in total. The van der Waals surface area contributed by atoms with Crippen molar-refractivity contribution < 1.29 is 45.1 Å². The molecule has 0 unspecified atom stereocenters. The molecule has 2 heterocycles. The van der Waals surface area contributed by atoms with E-state index in [1.165, 1.54) is 23.1 Å². The zero-order chi connectivity index (χ0) is 29.4.